The second-order valence-electron chi connectivity index (χ2n) is 7.46. The maximum Gasteiger partial charge on any atom is 0.262 e. The van der Waals surface area contributed by atoms with Crippen molar-refractivity contribution < 1.29 is 22.3 Å². The molecule has 0 saturated heterocycles. The number of nitrogens with one attached hydrogen (secondary N) is 1. The number of anilines is 1. The maximum atomic E-state index is 13.6. The zero-order chi connectivity index (χ0) is 23.3. The zero-order valence-electron chi connectivity index (χ0n) is 18.1. The summed E-state index contributed by atoms with van der Waals surface area (Å²) in [5, 5.41) is 0. The predicted octanol–water partition coefficient (Wildman–Crippen LogP) is 4.39. The predicted molar refractivity (Wildman–Crippen MR) is 122 cm³/mol. The molecule has 0 aromatic heterocycles. The number of ether oxygens (including phenoxy) is 1. The fraction of sp³-hybridized carbons (Fsp3) is 0.208. The molecule has 6 nitrogen and oxygen atoms in total. The average Bonchev–Trinajstić information content (AvgIpc) is 2.76. The molecule has 8 heteroatoms. The normalized spacial score (nSPS) is 11.1. The maximum absolute atomic E-state index is 13.6. The molecule has 1 amide bonds. The number of hydrogen-bond acceptors (Lipinski definition) is 4. The molecule has 0 spiro atoms. The van der Waals surface area contributed by atoms with Gasteiger partial charge in [0.05, 0.1) is 11.4 Å². The van der Waals surface area contributed by atoms with Crippen LogP contribution in [0.3, 0.4) is 0 Å². The quantitative estimate of drug-likeness (QED) is 0.545. The van der Waals surface area contributed by atoms with E-state index < -0.39 is 15.8 Å². The second kappa shape index (κ2) is 9.82. The van der Waals surface area contributed by atoms with E-state index in [4.69, 9.17) is 4.74 Å². The SMILES string of the molecule is Cc1ccc(C)c(S(=O)(=O)Nc2cccc(C(=O)N(C)CCOc3ccccc3F)c2)c1. The van der Waals surface area contributed by atoms with Gasteiger partial charge in [-0.05, 0) is 61.4 Å². The number of benzene rings is 3. The van der Waals surface area contributed by atoms with Gasteiger partial charge in [-0.3, -0.25) is 9.52 Å². The van der Waals surface area contributed by atoms with E-state index in [1.54, 1.807) is 56.4 Å². The molecule has 0 saturated carbocycles. The van der Waals surface area contributed by atoms with Crippen LogP contribution in [0.4, 0.5) is 10.1 Å². The first-order valence-corrected chi connectivity index (χ1v) is 11.5. The summed E-state index contributed by atoms with van der Waals surface area (Å²) < 4.78 is 47.2. The Morgan fingerprint density at radius 1 is 1.03 bits per heavy atom. The highest BCUT2D eigenvalue weighted by Gasteiger charge is 2.19. The van der Waals surface area contributed by atoms with Gasteiger partial charge >= 0.3 is 0 Å². The van der Waals surface area contributed by atoms with Crippen molar-refractivity contribution in [2.24, 2.45) is 0 Å². The molecule has 0 aliphatic carbocycles. The lowest BCUT2D eigenvalue weighted by Gasteiger charge is -2.18. The first-order chi connectivity index (χ1) is 15.2. The van der Waals surface area contributed by atoms with E-state index in [0.29, 0.717) is 11.1 Å². The van der Waals surface area contributed by atoms with E-state index in [1.165, 1.54) is 23.1 Å². The van der Waals surface area contributed by atoms with Crippen molar-refractivity contribution >= 4 is 21.6 Å². The van der Waals surface area contributed by atoms with E-state index in [-0.39, 0.29) is 35.4 Å². The molecule has 0 aliphatic heterocycles. The lowest BCUT2D eigenvalue weighted by molar-refractivity contribution is 0.0773. The minimum atomic E-state index is -3.81. The molecule has 0 radical (unpaired) electrons. The van der Waals surface area contributed by atoms with E-state index in [2.05, 4.69) is 4.72 Å². The standard InChI is InChI=1S/C24H25FN2O4S/c1-17-11-12-18(2)23(15-17)32(29,30)26-20-8-6-7-19(16-20)24(28)27(3)13-14-31-22-10-5-4-9-21(22)25/h4-12,15-16,26H,13-14H2,1-3H3. The van der Waals surface area contributed by atoms with Crippen molar-refractivity contribution in [3.63, 3.8) is 0 Å². The third-order valence-corrected chi connectivity index (χ3v) is 6.39. The van der Waals surface area contributed by atoms with Gasteiger partial charge in [-0.15, -0.1) is 0 Å². The number of halogens is 1. The van der Waals surface area contributed by atoms with Crippen molar-refractivity contribution in [3.05, 3.63) is 89.2 Å². The number of sulfonamides is 1. The number of amides is 1. The van der Waals surface area contributed by atoms with Gasteiger partial charge in [-0.2, -0.15) is 0 Å². The van der Waals surface area contributed by atoms with Crippen molar-refractivity contribution in [2.75, 3.05) is 24.9 Å². The topological polar surface area (TPSA) is 75.7 Å². The van der Waals surface area contributed by atoms with Crippen LogP contribution in [0.5, 0.6) is 5.75 Å². The average molecular weight is 457 g/mol. The minimum Gasteiger partial charge on any atom is -0.489 e. The van der Waals surface area contributed by atoms with Crippen molar-refractivity contribution in [1.82, 2.24) is 4.90 Å². The smallest absolute Gasteiger partial charge is 0.262 e. The molecule has 3 aromatic carbocycles. The van der Waals surface area contributed by atoms with E-state index in [9.17, 15) is 17.6 Å². The highest BCUT2D eigenvalue weighted by atomic mass is 32.2. The van der Waals surface area contributed by atoms with Crippen LogP contribution >= 0.6 is 0 Å². The largest absolute Gasteiger partial charge is 0.489 e. The van der Waals surface area contributed by atoms with Gasteiger partial charge in [0.15, 0.2) is 11.6 Å². The molecule has 0 fully saturated rings. The Kier molecular flexibility index (Phi) is 7.15. The molecule has 168 valence electrons. The Bertz CT molecular complexity index is 1230. The fourth-order valence-electron chi connectivity index (χ4n) is 3.10. The van der Waals surface area contributed by atoms with Crippen molar-refractivity contribution in [1.29, 1.82) is 0 Å². The third kappa shape index (κ3) is 5.64. The number of carbonyl (C=O) groups excluding carboxylic acids is 1. The van der Waals surface area contributed by atoms with Crippen LogP contribution in [-0.4, -0.2) is 39.4 Å². The summed E-state index contributed by atoms with van der Waals surface area (Å²) in [4.78, 5) is 14.4. The summed E-state index contributed by atoms with van der Waals surface area (Å²) in [5.74, 6) is -0.656. The van der Waals surface area contributed by atoms with Crippen LogP contribution in [0.25, 0.3) is 0 Å². The number of para-hydroxylation sites is 1. The highest BCUT2D eigenvalue weighted by molar-refractivity contribution is 7.92. The molecule has 3 rings (SSSR count). The molecular weight excluding hydrogens is 431 g/mol. The van der Waals surface area contributed by atoms with Gasteiger partial charge in [-0.25, -0.2) is 12.8 Å². The molecule has 0 aliphatic rings. The summed E-state index contributed by atoms with van der Waals surface area (Å²) in [7, 11) is -2.21. The Balaban J connectivity index is 1.67. The first-order valence-electron chi connectivity index (χ1n) is 10.0. The molecule has 0 atom stereocenters. The number of nitrogens with zero attached hydrogens (tertiary/aromatic N) is 1. The first kappa shape index (κ1) is 23.3. The van der Waals surface area contributed by atoms with Gasteiger partial charge < -0.3 is 9.64 Å². The molecule has 0 bridgehead atoms. The number of carbonyl (C=O) groups is 1. The Labute approximate surface area is 187 Å². The second-order valence-corrected chi connectivity index (χ2v) is 9.11. The Morgan fingerprint density at radius 3 is 2.53 bits per heavy atom. The fourth-order valence-corrected chi connectivity index (χ4v) is 4.48. The van der Waals surface area contributed by atoms with E-state index >= 15 is 0 Å². The van der Waals surface area contributed by atoms with Crippen LogP contribution in [-0.2, 0) is 10.0 Å². The summed E-state index contributed by atoms with van der Waals surface area (Å²) in [6.07, 6.45) is 0. The van der Waals surface area contributed by atoms with Gasteiger partial charge in [0, 0.05) is 18.3 Å². The molecule has 0 unspecified atom stereocenters. The van der Waals surface area contributed by atoms with E-state index in [0.717, 1.165) is 5.56 Å². The summed E-state index contributed by atoms with van der Waals surface area (Å²) >= 11 is 0. The van der Waals surface area contributed by atoms with Gasteiger partial charge in [0.25, 0.3) is 15.9 Å². The van der Waals surface area contributed by atoms with Crippen LogP contribution in [0.1, 0.15) is 21.5 Å². The zero-order valence-corrected chi connectivity index (χ0v) is 18.9. The Hall–Kier alpha value is -3.39. The monoisotopic (exact) mass is 456 g/mol. The van der Waals surface area contributed by atoms with E-state index in [1.807, 2.05) is 13.0 Å². The lowest BCUT2D eigenvalue weighted by atomic mass is 10.2. The molecule has 1 N–H and O–H groups in total. The van der Waals surface area contributed by atoms with Gasteiger partial charge in [0.1, 0.15) is 6.61 Å². The molecule has 32 heavy (non-hydrogen) atoms. The number of likely N-dealkylation sites (N-methyl/N-ethyl adjacent to an activating group) is 1. The van der Waals surface area contributed by atoms with Gasteiger partial charge in [0.2, 0.25) is 0 Å². The van der Waals surface area contributed by atoms with Gasteiger partial charge in [-0.1, -0.05) is 30.3 Å². The van der Waals surface area contributed by atoms with Crippen LogP contribution in [0, 0.1) is 19.7 Å². The summed E-state index contributed by atoms with van der Waals surface area (Å²) in [6, 6.07) is 17.5. The van der Waals surface area contributed by atoms with Crippen LogP contribution in [0.15, 0.2) is 71.6 Å². The summed E-state index contributed by atoms with van der Waals surface area (Å²) in [6.45, 7) is 3.89. The number of rotatable bonds is 8. The number of hydrogen-bond donors (Lipinski definition) is 1. The third-order valence-electron chi connectivity index (χ3n) is 4.86. The summed E-state index contributed by atoms with van der Waals surface area (Å²) in [5.41, 5.74) is 2.07. The van der Waals surface area contributed by atoms with Crippen LogP contribution < -0.4 is 9.46 Å². The van der Waals surface area contributed by atoms with Crippen molar-refractivity contribution in [2.45, 2.75) is 18.7 Å². The molecular formula is C24H25FN2O4S. The lowest BCUT2D eigenvalue weighted by Crippen LogP contribution is -2.31. The highest BCUT2D eigenvalue weighted by Crippen LogP contribution is 2.22. The molecule has 0 heterocycles. The van der Waals surface area contributed by atoms with Crippen LogP contribution in [0.2, 0.25) is 0 Å². The molecule has 3 aromatic rings. The van der Waals surface area contributed by atoms with Crippen molar-refractivity contribution in [3.8, 4) is 5.75 Å². The minimum absolute atomic E-state index is 0.113. The number of aryl methyl sites for hydroxylation is 2. The Morgan fingerprint density at radius 2 is 1.78 bits per heavy atom.